The molecule has 0 saturated heterocycles. The van der Waals surface area contributed by atoms with Crippen LogP contribution >= 0.6 is 0 Å². The summed E-state index contributed by atoms with van der Waals surface area (Å²) in [5.41, 5.74) is 2.96. The van der Waals surface area contributed by atoms with E-state index in [0.29, 0.717) is 24.8 Å². The summed E-state index contributed by atoms with van der Waals surface area (Å²) >= 11 is 0. The van der Waals surface area contributed by atoms with Crippen molar-refractivity contribution in [3.8, 4) is 0 Å². The minimum Gasteiger partial charge on any atom is -0.481 e. The Balaban J connectivity index is 1.29. The molecule has 0 spiro atoms. The Kier molecular flexibility index (Phi) is 12.0. The van der Waals surface area contributed by atoms with Gasteiger partial charge in [0.1, 0.15) is 6.10 Å². The molecule has 9 unspecified atom stereocenters. The summed E-state index contributed by atoms with van der Waals surface area (Å²) in [6, 6.07) is 8.74. The van der Waals surface area contributed by atoms with Crippen LogP contribution < -0.4 is 0 Å². The van der Waals surface area contributed by atoms with Gasteiger partial charge in [0.05, 0.1) is 17.9 Å². The first-order valence-electron chi connectivity index (χ1n) is 22.2. The number of carboxylic acids is 1. The molecule has 318 valence electrons. The van der Waals surface area contributed by atoms with E-state index in [0.717, 1.165) is 76.6 Å². The summed E-state index contributed by atoms with van der Waals surface area (Å²) in [5.74, 6) is 0.0696. The first-order valence-corrected chi connectivity index (χ1v) is 22.2. The molecule has 0 amide bonds. The van der Waals surface area contributed by atoms with Gasteiger partial charge in [-0.15, -0.1) is 0 Å². The molecule has 0 bridgehead atoms. The summed E-state index contributed by atoms with van der Waals surface area (Å²) in [6.07, 6.45) is 7.28. The quantitative estimate of drug-likeness (QED) is 0.191. The average Bonchev–Trinajstić information content (AvgIpc) is 3.42. The third-order valence-electron chi connectivity index (χ3n) is 17.3. The van der Waals surface area contributed by atoms with Crippen LogP contribution in [0.15, 0.2) is 35.4 Å². The van der Waals surface area contributed by atoms with Crippen molar-refractivity contribution in [3.63, 3.8) is 0 Å². The molecule has 4 fully saturated rings. The summed E-state index contributed by atoms with van der Waals surface area (Å²) in [6.45, 7) is 24.9. The van der Waals surface area contributed by atoms with E-state index >= 15 is 0 Å². The number of ketones is 1. The predicted molar refractivity (Wildman–Crippen MR) is 226 cm³/mol. The van der Waals surface area contributed by atoms with E-state index in [9.17, 15) is 24.6 Å². The highest BCUT2D eigenvalue weighted by atomic mass is 16.5. The zero-order valence-corrected chi connectivity index (χ0v) is 37.6. The van der Waals surface area contributed by atoms with Gasteiger partial charge in [-0.1, -0.05) is 83.9 Å². The van der Waals surface area contributed by atoms with Crippen LogP contribution in [0, 0.1) is 63.1 Å². The van der Waals surface area contributed by atoms with Gasteiger partial charge in [0.25, 0.3) is 0 Å². The molecule has 6 rings (SSSR count). The minimum atomic E-state index is -1.17. The van der Waals surface area contributed by atoms with Crippen molar-refractivity contribution in [1.82, 2.24) is 9.80 Å². The van der Waals surface area contributed by atoms with Gasteiger partial charge < -0.3 is 19.8 Å². The highest BCUT2D eigenvalue weighted by molar-refractivity contribution is 6.00. The standard InChI is InChI=1S/C49H76N2O6/c1-31(2)41-35(52)27-49(38(53)30-51(26-25-50(11)12)29-33-15-13-32(3)14-16-33)24-23-47(9)34(42(41)49)17-18-37-46(8)21-20-39(57-40(54)28-44(4,5)43(55)56)45(6,7)36(46)19-22-48(37,47)10/h13-16,31,34,36-39,53H,17-30H2,1-12H3,(H,55,56). The van der Waals surface area contributed by atoms with Crippen LogP contribution in [-0.2, 0) is 25.7 Å². The fourth-order valence-corrected chi connectivity index (χ4v) is 13.9. The van der Waals surface area contributed by atoms with Crippen molar-refractivity contribution < 1.29 is 29.3 Å². The van der Waals surface area contributed by atoms with Crippen LogP contribution in [0.25, 0.3) is 0 Å². The number of Topliss-reactive ketones (excluding diaryl/α,β-unsaturated/α-hetero) is 1. The fraction of sp³-hybridized carbons (Fsp3) is 0.776. The highest BCUT2D eigenvalue weighted by Gasteiger charge is 2.71. The van der Waals surface area contributed by atoms with E-state index in [1.54, 1.807) is 13.8 Å². The van der Waals surface area contributed by atoms with Crippen molar-refractivity contribution in [1.29, 1.82) is 0 Å². The Morgan fingerprint density at radius 1 is 0.895 bits per heavy atom. The molecule has 0 radical (unpaired) electrons. The predicted octanol–water partition coefficient (Wildman–Crippen LogP) is 9.11. The van der Waals surface area contributed by atoms with E-state index in [1.807, 2.05) is 0 Å². The maximum absolute atomic E-state index is 14.3. The number of hydrogen-bond donors (Lipinski definition) is 2. The monoisotopic (exact) mass is 789 g/mol. The van der Waals surface area contributed by atoms with Crippen LogP contribution in [0.2, 0.25) is 0 Å². The summed E-state index contributed by atoms with van der Waals surface area (Å²) < 4.78 is 6.20. The number of carbonyl (C=O) groups excluding carboxylic acids is 2. The van der Waals surface area contributed by atoms with Crippen LogP contribution in [0.1, 0.15) is 138 Å². The van der Waals surface area contributed by atoms with Gasteiger partial charge >= 0.3 is 11.9 Å². The number of aliphatic carboxylic acids is 1. The number of aliphatic hydroxyl groups is 1. The number of likely N-dealkylation sites (N-methyl/N-ethyl adjacent to an activating group) is 1. The van der Waals surface area contributed by atoms with Gasteiger partial charge in [-0.05, 0) is 137 Å². The van der Waals surface area contributed by atoms with Crippen molar-refractivity contribution in [2.45, 2.75) is 152 Å². The lowest BCUT2D eigenvalue weighted by Crippen LogP contribution is -2.66. The molecular weight excluding hydrogens is 713 g/mol. The lowest BCUT2D eigenvalue weighted by Gasteiger charge is -2.72. The zero-order chi connectivity index (χ0) is 42.1. The molecule has 2 N–H and O–H groups in total. The van der Waals surface area contributed by atoms with Gasteiger partial charge in [-0.3, -0.25) is 19.3 Å². The van der Waals surface area contributed by atoms with Crippen molar-refractivity contribution >= 4 is 17.7 Å². The molecule has 8 heteroatoms. The zero-order valence-electron chi connectivity index (χ0n) is 37.6. The van der Waals surface area contributed by atoms with Gasteiger partial charge in [0.15, 0.2) is 5.78 Å². The number of carboxylic acid groups (broad SMARTS) is 1. The Morgan fingerprint density at radius 3 is 2.18 bits per heavy atom. The lowest BCUT2D eigenvalue weighted by atomic mass is 9.33. The van der Waals surface area contributed by atoms with Crippen molar-refractivity contribution in [2.75, 3.05) is 33.7 Å². The molecule has 8 nitrogen and oxygen atoms in total. The second kappa shape index (κ2) is 15.5. The second-order valence-electron chi connectivity index (χ2n) is 22.1. The number of rotatable bonds is 13. The van der Waals surface area contributed by atoms with Crippen LogP contribution in [0.4, 0.5) is 0 Å². The molecule has 9 atom stereocenters. The Morgan fingerprint density at radius 2 is 1.56 bits per heavy atom. The van der Waals surface area contributed by atoms with E-state index in [-0.39, 0.29) is 51.8 Å². The van der Waals surface area contributed by atoms with Crippen LogP contribution in [-0.4, -0.2) is 83.7 Å². The number of ether oxygens (including phenoxy) is 1. The average molecular weight is 789 g/mol. The number of carbonyl (C=O) groups is 3. The topological polar surface area (TPSA) is 107 Å². The minimum absolute atomic E-state index is 0.0183. The summed E-state index contributed by atoms with van der Waals surface area (Å²) in [5, 5.41) is 22.4. The Labute approximate surface area is 344 Å². The van der Waals surface area contributed by atoms with E-state index in [2.05, 4.69) is 104 Å². The highest BCUT2D eigenvalue weighted by Crippen LogP contribution is 2.77. The van der Waals surface area contributed by atoms with E-state index in [4.69, 9.17) is 4.74 Å². The van der Waals surface area contributed by atoms with Crippen LogP contribution in [0.5, 0.6) is 0 Å². The van der Waals surface area contributed by atoms with Gasteiger partial charge in [-0.25, -0.2) is 0 Å². The van der Waals surface area contributed by atoms with Crippen molar-refractivity contribution in [2.24, 2.45) is 56.2 Å². The van der Waals surface area contributed by atoms with Gasteiger partial charge in [0.2, 0.25) is 0 Å². The number of esters is 1. The van der Waals surface area contributed by atoms with E-state index < -0.39 is 28.9 Å². The maximum atomic E-state index is 14.3. The molecule has 0 aliphatic heterocycles. The maximum Gasteiger partial charge on any atom is 0.309 e. The molecule has 1 aromatic carbocycles. The molecule has 0 heterocycles. The molecule has 4 saturated carbocycles. The second-order valence-corrected chi connectivity index (χ2v) is 22.1. The molecule has 57 heavy (non-hydrogen) atoms. The lowest BCUT2D eigenvalue weighted by molar-refractivity contribution is -0.235. The Bertz CT molecular complexity index is 1730. The number of nitrogens with zero attached hydrogens (tertiary/aromatic N) is 2. The SMILES string of the molecule is Cc1ccc(CN(CCN(C)C)CC(O)C23CCC4(C)C(CCC5C6(C)CCC(OC(=O)CC(C)(C)C(=O)O)C(C)(C)C6CCC54C)C2=C(C(C)C)C(=O)C3)cc1. The van der Waals surface area contributed by atoms with Crippen molar-refractivity contribution in [3.05, 3.63) is 46.5 Å². The van der Waals surface area contributed by atoms with E-state index in [1.165, 1.54) is 16.7 Å². The fourth-order valence-electron chi connectivity index (χ4n) is 13.9. The molecular formula is C49H76N2O6. The molecule has 5 aliphatic carbocycles. The third-order valence-corrected chi connectivity index (χ3v) is 17.3. The van der Waals surface area contributed by atoms with Gasteiger partial charge in [0, 0.05) is 43.4 Å². The molecule has 5 aliphatic rings. The number of aliphatic hydroxyl groups excluding tert-OH is 1. The first-order chi connectivity index (χ1) is 26.4. The smallest absolute Gasteiger partial charge is 0.309 e. The number of aryl methyl sites for hydroxylation is 1. The van der Waals surface area contributed by atoms with Gasteiger partial charge in [-0.2, -0.15) is 0 Å². The summed E-state index contributed by atoms with van der Waals surface area (Å²) in [7, 11) is 4.20. The molecule has 1 aromatic rings. The third kappa shape index (κ3) is 7.49. The largest absolute Gasteiger partial charge is 0.481 e. The van der Waals surface area contributed by atoms with Crippen LogP contribution in [0.3, 0.4) is 0 Å². The number of allylic oxidation sites excluding steroid dienone is 1. The Hall–Kier alpha value is -2.55. The number of benzene rings is 1. The number of fused-ring (bicyclic) bond motifs is 7. The molecule has 0 aromatic heterocycles. The first kappa shape index (κ1) is 44.0. The normalized spacial score (nSPS) is 35.5. The number of hydrogen-bond acceptors (Lipinski definition) is 7. The summed E-state index contributed by atoms with van der Waals surface area (Å²) in [4.78, 5) is 43.9.